The summed E-state index contributed by atoms with van der Waals surface area (Å²) in [5, 5.41) is 2.96. The Morgan fingerprint density at radius 3 is 2.39 bits per heavy atom. The highest BCUT2D eigenvalue weighted by atomic mass is 32.2. The third-order valence-corrected chi connectivity index (χ3v) is 6.38. The van der Waals surface area contributed by atoms with Gasteiger partial charge in [-0.15, -0.1) is 0 Å². The monoisotopic (exact) mass is 463 g/mol. The van der Waals surface area contributed by atoms with Gasteiger partial charge >= 0.3 is 16.3 Å². The van der Waals surface area contributed by atoms with Crippen LogP contribution in [0, 0.1) is 0 Å². The number of nitrogens with zero attached hydrogens (tertiary/aromatic N) is 1. The van der Waals surface area contributed by atoms with Gasteiger partial charge in [-0.25, -0.2) is 9.52 Å². The maximum absolute atomic E-state index is 12.7. The molecule has 2 unspecified atom stereocenters. The van der Waals surface area contributed by atoms with Crippen LogP contribution in [0.4, 0.5) is 10.5 Å². The zero-order chi connectivity index (χ0) is 23.0. The molecule has 2 heterocycles. The number of carbonyl (C=O) groups excluding carboxylic acids is 1. The molecule has 0 spiro atoms. The van der Waals surface area contributed by atoms with Crippen LogP contribution < -0.4 is 19.0 Å². The highest BCUT2D eigenvalue weighted by Crippen LogP contribution is 2.46. The second-order valence-corrected chi connectivity index (χ2v) is 8.93. The summed E-state index contributed by atoms with van der Waals surface area (Å²) >= 11 is 0. The molecule has 2 aliphatic rings. The zero-order valence-corrected chi connectivity index (χ0v) is 18.5. The van der Waals surface area contributed by atoms with Gasteiger partial charge in [-0.05, 0) is 35.7 Å². The fraction of sp³-hybridized carbons (Fsp3) is 0.167. The van der Waals surface area contributed by atoms with Crippen LogP contribution in [-0.2, 0) is 10.3 Å². The lowest BCUT2D eigenvalue weighted by atomic mass is 9.80. The van der Waals surface area contributed by atoms with E-state index in [0.717, 1.165) is 11.1 Å². The van der Waals surface area contributed by atoms with Crippen molar-refractivity contribution < 1.29 is 22.1 Å². The molecule has 168 valence electrons. The number of hydrogen-bond acceptors (Lipinski definition) is 5. The fourth-order valence-electron chi connectivity index (χ4n) is 4.22. The van der Waals surface area contributed by atoms with Crippen molar-refractivity contribution in [3.8, 4) is 11.5 Å². The lowest BCUT2D eigenvalue weighted by Crippen LogP contribution is -2.40. The molecule has 3 aromatic carbocycles. The van der Waals surface area contributed by atoms with Gasteiger partial charge < -0.3 is 14.2 Å². The summed E-state index contributed by atoms with van der Waals surface area (Å²) in [6, 6.07) is 21.7. The number of urea groups is 1. The molecule has 5 rings (SSSR count). The minimum atomic E-state index is -3.96. The summed E-state index contributed by atoms with van der Waals surface area (Å²) in [6.07, 6.45) is 0. The van der Waals surface area contributed by atoms with E-state index in [-0.39, 0.29) is 23.1 Å². The highest BCUT2D eigenvalue weighted by molar-refractivity contribution is 7.88. The first kappa shape index (κ1) is 21.0. The van der Waals surface area contributed by atoms with E-state index in [1.165, 1.54) is 0 Å². The Kier molecular flexibility index (Phi) is 5.26. The number of aliphatic imine (C=N–C) groups is 1. The van der Waals surface area contributed by atoms with Crippen molar-refractivity contribution in [3.63, 3.8) is 0 Å². The molecule has 2 atom stereocenters. The molecule has 2 amide bonds. The first-order valence-corrected chi connectivity index (χ1v) is 11.9. The van der Waals surface area contributed by atoms with Crippen LogP contribution in [0.1, 0.15) is 35.6 Å². The van der Waals surface area contributed by atoms with Gasteiger partial charge in [-0.1, -0.05) is 60.7 Å². The number of rotatable bonds is 5. The molecule has 0 fully saturated rings. The lowest BCUT2D eigenvalue weighted by Gasteiger charge is -2.33. The molecular formula is C24H21N3O5S. The Morgan fingerprint density at radius 1 is 1.00 bits per heavy atom. The van der Waals surface area contributed by atoms with Crippen LogP contribution in [0.5, 0.6) is 11.5 Å². The van der Waals surface area contributed by atoms with E-state index in [9.17, 15) is 13.2 Å². The molecule has 0 aliphatic carbocycles. The van der Waals surface area contributed by atoms with Crippen molar-refractivity contribution in [1.82, 2.24) is 5.32 Å². The van der Waals surface area contributed by atoms with Crippen LogP contribution in [0.25, 0.3) is 0 Å². The van der Waals surface area contributed by atoms with Crippen LogP contribution in [-0.4, -0.2) is 26.8 Å². The van der Waals surface area contributed by atoms with Crippen LogP contribution >= 0.6 is 0 Å². The van der Waals surface area contributed by atoms with Crippen molar-refractivity contribution in [2.24, 2.45) is 4.99 Å². The van der Waals surface area contributed by atoms with E-state index in [0.29, 0.717) is 17.9 Å². The Hall–Kier alpha value is -3.85. The molecule has 3 aromatic rings. The van der Waals surface area contributed by atoms with E-state index in [1.807, 2.05) is 60.7 Å². The topological polar surface area (TPSA) is 106 Å². The summed E-state index contributed by atoms with van der Waals surface area (Å²) in [5.41, 5.74) is 3.35. The van der Waals surface area contributed by atoms with Crippen LogP contribution in [0.3, 0.4) is 0 Å². The predicted octanol–water partition coefficient (Wildman–Crippen LogP) is 4.17. The highest BCUT2D eigenvalue weighted by Gasteiger charge is 2.38. The number of amides is 2. The molecule has 9 heteroatoms. The number of ether oxygens (including phenoxy) is 1. The summed E-state index contributed by atoms with van der Waals surface area (Å²) in [4.78, 5) is 17.0. The standard InChI is InChI=1S/C24H21N3O5S/c1-2-31-19-14-17(13-18-23(19)32-33(29,30)27-18)22-20(15-9-5-3-6-10-15)21(25-24(28)26-22)16-11-7-4-8-12-16/h3-14,20,22,27H,2H2,1H3,(H,26,28). The molecule has 33 heavy (non-hydrogen) atoms. The third kappa shape index (κ3) is 4.03. The molecule has 8 nitrogen and oxygen atoms in total. The van der Waals surface area contributed by atoms with E-state index in [4.69, 9.17) is 8.92 Å². The average Bonchev–Trinajstić information content (AvgIpc) is 3.14. The molecular weight excluding hydrogens is 442 g/mol. The van der Waals surface area contributed by atoms with E-state index in [1.54, 1.807) is 19.1 Å². The second-order valence-electron chi connectivity index (χ2n) is 7.65. The van der Waals surface area contributed by atoms with Gasteiger partial charge in [0.2, 0.25) is 5.75 Å². The van der Waals surface area contributed by atoms with Crippen LogP contribution in [0.15, 0.2) is 77.8 Å². The van der Waals surface area contributed by atoms with Crippen molar-refractivity contribution >= 4 is 27.7 Å². The van der Waals surface area contributed by atoms with Crippen LogP contribution in [0.2, 0.25) is 0 Å². The van der Waals surface area contributed by atoms with Gasteiger partial charge in [0, 0.05) is 0 Å². The number of benzene rings is 3. The normalized spacial score (nSPS) is 20.6. The first-order valence-electron chi connectivity index (χ1n) is 10.5. The summed E-state index contributed by atoms with van der Waals surface area (Å²) < 4.78 is 37.2. The van der Waals surface area contributed by atoms with Crippen molar-refractivity contribution in [2.75, 3.05) is 11.3 Å². The molecule has 0 saturated carbocycles. The molecule has 0 radical (unpaired) electrons. The molecule has 2 N–H and O–H groups in total. The summed E-state index contributed by atoms with van der Waals surface area (Å²) in [6.45, 7) is 2.11. The third-order valence-electron chi connectivity index (χ3n) is 5.52. The Bertz CT molecular complexity index is 1340. The van der Waals surface area contributed by atoms with E-state index in [2.05, 4.69) is 15.0 Å². The van der Waals surface area contributed by atoms with Gasteiger partial charge in [0.05, 0.1) is 30.0 Å². The molecule has 0 aromatic heterocycles. The minimum absolute atomic E-state index is 0.107. The Morgan fingerprint density at radius 2 is 1.70 bits per heavy atom. The van der Waals surface area contributed by atoms with Gasteiger partial charge in [0.25, 0.3) is 0 Å². The number of anilines is 1. The molecule has 2 aliphatic heterocycles. The summed E-state index contributed by atoms with van der Waals surface area (Å²) in [7, 11) is -3.96. The SMILES string of the molecule is CCOc1cc(C2NC(=O)N=C(c3ccccc3)C2c2ccccc2)cc2c1OS(=O)(=O)N2. The fourth-order valence-corrected chi connectivity index (χ4v) is 5.07. The maximum atomic E-state index is 12.7. The second kappa shape index (κ2) is 8.25. The van der Waals surface area contributed by atoms with Crippen molar-refractivity contribution in [2.45, 2.75) is 18.9 Å². The van der Waals surface area contributed by atoms with Gasteiger partial charge in [0.15, 0.2) is 5.75 Å². The lowest BCUT2D eigenvalue weighted by molar-refractivity contribution is 0.243. The largest absolute Gasteiger partial charge is 0.490 e. The Labute approximate surface area is 191 Å². The summed E-state index contributed by atoms with van der Waals surface area (Å²) in [5.74, 6) is 0.0668. The predicted molar refractivity (Wildman–Crippen MR) is 124 cm³/mol. The quantitative estimate of drug-likeness (QED) is 0.591. The Balaban J connectivity index is 1.68. The number of carbonyl (C=O) groups is 1. The van der Waals surface area contributed by atoms with Gasteiger partial charge in [-0.3, -0.25) is 0 Å². The maximum Gasteiger partial charge on any atom is 0.407 e. The number of hydrogen-bond donors (Lipinski definition) is 2. The zero-order valence-electron chi connectivity index (χ0n) is 17.7. The minimum Gasteiger partial charge on any atom is -0.490 e. The van der Waals surface area contributed by atoms with Crippen molar-refractivity contribution in [1.29, 1.82) is 0 Å². The van der Waals surface area contributed by atoms with Gasteiger partial charge in [-0.2, -0.15) is 13.4 Å². The average molecular weight is 464 g/mol. The first-order chi connectivity index (χ1) is 15.9. The van der Waals surface area contributed by atoms with Gasteiger partial charge in [0.1, 0.15) is 0 Å². The number of fused-ring (bicyclic) bond motifs is 1. The number of nitrogens with one attached hydrogen (secondary N) is 2. The molecule has 0 bridgehead atoms. The smallest absolute Gasteiger partial charge is 0.407 e. The van der Waals surface area contributed by atoms with E-state index < -0.39 is 22.4 Å². The van der Waals surface area contributed by atoms with Crippen molar-refractivity contribution in [3.05, 3.63) is 89.5 Å². The van der Waals surface area contributed by atoms with E-state index >= 15 is 0 Å². The molecule has 0 saturated heterocycles.